The molecule has 0 aromatic heterocycles. The minimum atomic E-state index is -1.86. The third-order valence-corrected chi connectivity index (χ3v) is 14.0. The number of unbranched alkanes of at least 4 members (excludes halogenated alkanes) is 14. The maximum Gasteiger partial charge on any atom is 0.187 e. The summed E-state index contributed by atoms with van der Waals surface area (Å²) in [4.78, 5) is 0. The molecule has 4 rings (SSSR count). The fourth-order valence-electron chi connectivity index (χ4n) is 9.40. The predicted molar refractivity (Wildman–Crippen MR) is 253 cm³/mol. The molecule has 0 bridgehead atoms. The van der Waals surface area contributed by atoms with Gasteiger partial charge in [-0.2, -0.15) is 0 Å². The molecular formula is C49H92O23. The number of hydrogen-bond donors (Lipinski definition) is 13. The van der Waals surface area contributed by atoms with Gasteiger partial charge in [0.2, 0.25) is 0 Å². The van der Waals surface area contributed by atoms with Crippen LogP contribution in [0, 0.1) is 5.41 Å². The van der Waals surface area contributed by atoms with Gasteiger partial charge >= 0.3 is 0 Å². The van der Waals surface area contributed by atoms with Crippen molar-refractivity contribution in [1.29, 1.82) is 0 Å². The van der Waals surface area contributed by atoms with Crippen molar-refractivity contribution in [3.8, 4) is 0 Å². The summed E-state index contributed by atoms with van der Waals surface area (Å²) in [6.45, 7) is 1.28. The first-order chi connectivity index (χ1) is 34.7. The van der Waals surface area contributed by atoms with Gasteiger partial charge in [-0.15, -0.1) is 0 Å². The van der Waals surface area contributed by atoms with E-state index in [9.17, 15) is 66.4 Å². The number of aliphatic hydroxyl groups is 13. The van der Waals surface area contributed by atoms with Crippen LogP contribution < -0.4 is 0 Å². The van der Waals surface area contributed by atoms with Gasteiger partial charge < -0.3 is 114 Å². The molecule has 23 heteroatoms. The SMILES string of the molecule is CCCCCCCCCCOCC(COCCCCCCCCCC)(COC1OC(CO)[C@H](OC2OC(CO)[C@H](O)C(O)[C@H]2O)C(O)[C@H]1O)CO[C@H]1OC(CO)[C@H](O[C@H]2CC(O)[C@@H](O)C(CO)O2)C(O)C1O. The van der Waals surface area contributed by atoms with E-state index in [2.05, 4.69) is 13.8 Å². The maximum absolute atomic E-state index is 11.4. The van der Waals surface area contributed by atoms with E-state index in [-0.39, 0.29) is 32.8 Å². The average molecular weight is 1050 g/mol. The van der Waals surface area contributed by atoms with E-state index < -0.39 is 149 Å². The van der Waals surface area contributed by atoms with Crippen molar-refractivity contribution in [1.82, 2.24) is 0 Å². The van der Waals surface area contributed by atoms with Crippen LogP contribution in [0.5, 0.6) is 0 Å². The van der Waals surface area contributed by atoms with Crippen molar-refractivity contribution >= 4 is 0 Å². The second kappa shape index (κ2) is 34.1. The lowest BCUT2D eigenvalue weighted by atomic mass is 9.91. The van der Waals surface area contributed by atoms with E-state index in [1.165, 1.54) is 25.7 Å². The van der Waals surface area contributed by atoms with Crippen LogP contribution in [0.25, 0.3) is 0 Å². The molecule has 0 aromatic rings. The molecule has 72 heavy (non-hydrogen) atoms. The minimum Gasteiger partial charge on any atom is -0.394 e. The van der Waals surface area contributed by atoms with Crippen molar-refractivity contribution in [2.75, 3.05) is 66.1 Å². The maximum atomic E-state index is 11.4. The standard InChI is InChI=1S/C49H92O23/c1-3-5-7-9-11-13-15-17-19-63-26-49(27-64-20-18-16-14-12-10-8-6-4-2,28-65-46-42(61)39(58)44(33(24-52)69-46)71-35-21-30(54)36(55)31(22-50)67-35)29-66-47-43(62)40(59)45(34(25-53)70-47)72-48-41(60)38(57)37(56)32(23-51)68-48/h30-48,50-62H,3-29H2,1-2H3/t30?,31?,32?,33?,34?,35-,36+,37-,38?,39?,40?,41+,42?,43+,44-,45-,46-,47?,48?/m0/s1. The molecule has 11 unspecified atom stereocenters. The van der Waals surface area contributed by atoms with Gasteiger partial charge in [-0.25, -0.2) is 0 Å². The van der Waals surface area contributed by atoms with Crippen LogP contribution in [0.3, 0.4) is 0 Å². The first-order valence-corrected chi connectivity index (χ1v) is 26.6. The van der Waals surface area contributed by atoms with Crippen molar-refractivity contribution in [2.24, 2.45) is 5.41 Å². The number of aliphatic hydroxyl groups excluding tert-OH is 13. The van der Waals surface area contributed by atoms with Crippen LogP contribution in [0.2, 0.25) is 0 Å². The summed E-state index contributed by atoms with van der Waals surface area (Å²) >= 11 is 0. The number of hydrogen-bond acceptors (Lipinski definition) is 23. The van der Waals surface area contributed by atoms with Crippen molar-refractivity contribution in [3.63, 3.8) is 0 Å². The molecule has 19 atom stereocenters. The largest absolute Gasteiger partial charge is 0.394 e. The molecule has 4 saturated heterocycles. The van der Waals surface area contributed by atoms with Crippen LogP contribution in [-0.4, -0.2) is 249 Å². The molecule has 0 spiro atoms. The van der Waals surface area contributed by atoms with Crippen LogP contribution in [-0.2, 0) is 47.4 Å². The van der Waals surface area contributed by atoms with Crippen LogP contribution in [0.15, 0.2) is 0 Å². The molecule has 0 saturated carbocycles. The Labute approximate surface area is 424 Å². The quantitative estimate of drug-likeness (QED) is 0.0321. The second-order valence-corrected chi connectivity index (χ2v) is 20.1. The van der Waals surface area contributed by atoms with E-state index in [0.29, 0.717) is 13.2 Å². The van der Waals surface area contributed by atoms with Crippen LogP contribution in [0.4, 0.5) is 0 Å². The fraction of sp³-hybridized carbons (Fsp3) is 1.00. The summed E-state index contributed by atoms with van der Waals surface area (Å²) in [6, 6.07) is 0. The average Bonchev–Trinajstić information content (AvgIpc) is 3.38. The summed E-state index contributed by atoms with van der Waals surface area (Å²) in [6.07, 6.45) is -13.1. The highest BCUT2D eigenvalue weighted by molar-refractivity contribution is 4.96. The summed E-state index contributed by atoms with van der Waals surface area (Å²) in [7, 11) is 0. The van der Waals surface area contributed by atoms with Gasteiger partial charge in [0.1, 0.15) is 85.5 Å². The van der Waals surface area contributed by atoms with Gasteiger partial charge in [0.15, 0.2) is 25.2 Å². The number of ether oxygens (including phenoxy) is 10. The Hall–Kier alpha value is -0.920. The third kappa shape index (κ3) is 19.2. The second-order valence-electron chi connectivity index (χ2n) is 20.1. The molecule has 4 fully saturated rings. The highest BCUT2D eigenvalue weighted by Gasteiger charge is 2.53. The van der Waals surface area contributed by atoms with Gasteiger partial charge in [0.25, 0.3) is 0 Å². The van der Waals surface area contributed by atoms with Gasteiger partial charge in [0, 0.05) is 19.6 Å². The van der Waals surface area contributed by atoms with Gasteiger partial charge in [-0.05, 0) is 12.8 Å². The van der Waals surface area contributed by atoms with Gasteiger partial charge in [-0.1, -0.05) is 104 Å². The van der Waals surface area contributed by atoms with Crippen LogP contribution in [0.1, 0.15) is 123 Å². The Kier molecular flexibility index (Phi) is 30.1. The number of rotatable bonds is 36. The summed E-state index contributed by atoms with van der Waals surface area (Å²) in [5.41, 5.74) is -1.28. The molecule has 426 valence electrons. The van der Waals surface area contributed by atoms with Crippen LogP contribution >= 0.6 is 0 Å². The zero-order valence-corrected chi connectivity index (χ0v) is 42.5. The first kappa shape index (κ1) is 63.6. The lowest BCUT2D eigenvalue weighted by Crippen LogP contribution is -2.65. The lowest BCUT2D eigenvalue weighted by molar-refractivity contribution is -0.363. The molecule has 0 amide bonds. The molecule has 4 aliphatic heterocycles. The monoisotopic (exact) mass is 1050 g/mol. The molecule has 0 radical (unpaired) electrons. The van der Waals surface area contributed by atoms with E-state index in [1.807, 2.05) is 0 Å². The third-order valence-electron chi connectivity index (χ3n) is 14.0. The van der Waals surface area contributed by atoms with E-state index in [1.54, 1.807) is 0 Å². The van der Waals surface area contributed by atoms with E-state index in [4.69, 9.17) is 47.4 Å². The van der Waals surface area contributed by atoms with E-state index >= 15 is 0 Å². The Morgan fingerprint density at radius 3 is 1.22 bits per heavy atom. The summed E-state index contributed by atoms with van der Waals surface area (Å²) < 4.78 is 59.6. The predicted octanol–water partition coefficient (Wildman–Crippen LogP) is -1.40. The van der Waals surface area contributed by atoms with Crippen molar-refractivity contribution in [2.45, 2.75) is 240 Å². The molecule has 4 aliphatic rings. The van der Waals surface area contributed by atoms with Gasteiger partial charge in [0.05, 0.1) is 64.4 Å². The Morgan fingerprint density at radius 1 is 0.389 bits per heavy atom. The zero-order chi connectivity index (χ0) is 52.6. The topological polar surface area (TPSA) is 355 Å². The van der Waals surface area contributed by atoms with Gasteiger partial charge in [-0.3, -0.25) is 0 Å². The summed E-state index contributed by atoms with van der Waals surface area (Å²) in [5, 5.41) is 138. The normalized spacial score (nSPS) is 36.8. The minimum absolute atomic E-state index is 0.0711. The van der Waals surface area contributed by atoms with Crippen molar-refractivity contribution < 1.29 is 114 Å². The fourth-order valence-corrected chi connectivity index (χ4v) is 9.40. The molecule has 13 N–H and O–H groups in total. The molecule has 0 aromatic carbocycles. The highest BCUT2D eigenvalue weighted by atomic mass is 16.8. The first-order valence-electron chi connectivity index (χ1n) is 26.6. The zero-order valence-electron chi connectivity index (χ0n) is 42.5. The Morgan fingerprint density at radius 2 is 0.778 bits per heavy atom. The molecular weight excluding hydrogens is 957 g/mol. The molecule has 4 heterocycles. The highest BCUT2D eigenvalue weighted by Crippen LogP contribution is 2.34. The molecule has 0 aliphatic carbocycles. The summed E-state index contributed by atoms with van der Waals surface area (Å²) in [5.74, 6) is 0. The molecule has 23 nitrogen and oxygen atoms in total. The van der Waals surface area contributed by atoms with E-state index in [0.717, 1.165) is 77.0 Å². The Bertz CT molecular complexity index is 1360. The Balaban J connectivity index is 1.52. The van der Waals surface area contributed by atoms with Crippen molar-refractivity contribution in [3.05, 3.63) is 0 Å². The smallest absolute Gasteiger partial charge is 0.187 e. The lowest BCUT2D eigenvalue weighted by Gasteiger charge is -2.46.